The van der Waals surface area contributed by atoms with Crippen molar-refractivity contribution in [2.75, 3.05) is 0 Å². The van der Waals surface area contributed by atoms with Crippen LogP contribution in [-0.2, 0) is 32.7 Å². The van der Waals surface area contributed by atoms with E-state index in [1.165, 1.54) is 0 Å². The van der Waals surface area contributed by atoms with E-state index in [0.29, 0.717) is 0 Å². The molecule has 16 heavy (non-hydrogen) atoms. The second-order valence-corrected chi connectivity index (χ2v) is 1.15. The van der Waals surface area contributed by atoms with Crippen molar-refractivity contribution in [3.63, 3.8) is 0 Å². The van der Waals surface area contributed by atoms with E-state index in [4.69, 9.17) is 0 Å². The largest absolute Gasteiger partial charge is 0.358 e. The standard InChI is InChI=1S/C6H6.3C2H6.C2H5.CH3.Y/c1-2-4-6-5-3-1;4*1-2;;/h1-6H;3*1-2H3;1H2,2H3;1H3;/q;;;;2*-1;. The molecule has 0 amide bonds. The Hall–Kier alpha value is 0.324. The van der Waals surface area contributed by atoms with Gasteiger partial charge in [0, 0.05) is 32.7 Å². The van der Waals surface area contributed by atoms with E-state index in [0.717, 1.165) is 0 Å². The van der Waals surface area contributed by atoms with Gasteiger partial charge in [-0.2, -0.15) is 6.92 Å². The van der Waals surface area contributed by atoms with Gasteiger partial charge in [-0.3, -0.25) is 0 Å². The Bertz CT molecular complexity index is 77.4. The van der Waals surface area contributed by atoms with Gasteiger partial charge < -0.3 is 14.4 Å². The minimum absolute atomic E-state index is 0. The first-order valence-corrected chi connectivity index (χ1v) is 5.71. The summed E-state index contributed by atoms with van der Waals surface area (Å²) < 4.78 is 0. The Kier molecular flexibility index (Phi) is 177. The fourth-order valence-electron chi connectivity index (χ4n) is 0.385. The molecule has 0 fully saturated rings. The second-order valence-electron chi connectivity index (χ2n) is 1.15. The zero-order chi connectivity index (χ0) is 12.2. The van der Waals surface area contributed by atoms with Crippen molar-refractivity contribution in [2.24, 2.45) is 0 Å². The summed E-state index contributed by atoms with van der Waals surface area (Å²) in [4.78, 5) is 0. The molecular weight excluding hydrogens is 269 g/mol. The molecule has 0 aliphatic heterocycles. The SMILES string of the molecule is CC.CC.CC.[CH2-]C.[CH3-].[Y].c1ccccc1. The van der Waals surface area contributed by atoms with Crippen LogP contribution in [-0.4, -0.2) is 0 Å². The van der Waals surface area contributed by atoms with Crippen LogP contribution in [0.2, 0.25) is 0 Å². The Balaban J connectivity index is -0.0000000221. The van der Waals surface area contributed by atoms with E-state index in [9.17, 15) is 0 Å². The van der Waals surface area contributed by atoms with Crippen LogP contribution in [0.25, 0.3) is 0 Å². The molecule has 0 spiro atoms. The normalized spacial score (nSPS) is 4.50. The van der Waals surface area contributed by atoms with Gasteiger partial charge >= 0.3 is 0 Å². The maximum absolute atomic E-state index is 3.25. The molecule has 1 aromatic rings. The third kappa shape index (κ3) is 63.6. The zero-order valence-electron chi connectivity index (χ0n) is 12.7. The maximum atomic E-state index is 3.25. The molecule has 0 saturated carbocycles. The summed E-state index contributed by atoms with van der Waals surface area (Å²) in [5.41, 5.74) is 0. The molecule has 1 aromatic carbocycles. The number of rotatable bonds is 0. The molecule has 1 radical (unpaired) electrons. The third-order valence-corrected chi connectivity index (χ3v) is 0.667. The molecule has 0 N–H and O–H groups in total. The van der Waals surface area contributed by atoms with E-state index in [-0.39, 0.29) is 40.1 Å². The van der Waals surface area contributed by atoms with E-state index in [1.54, 1.807) is 6.92 Å². The molecule has 97 valence electrons. The molecule has 0 aliphatic rings. The van der Waals surface area contributed by atoms with Gasteiger partial charge in [-0.15, -0.1) is 0 Å². The van der Waals surface area contributed by atoms with Crippen molar-refractivity contribution in [3.05, 3.63) is 50.7 Å². The van der Waals surface area contributed by atoms with Gasteiger partial charge in [0.15, 0.2) is 0 Å². The number of benzene rings is 1. The van der Waals surface area contributed by atoms with Crippen molar-refractivity contribution in [1.82, 2.24) is 0 Å². The molecule has 1 heteroatoms. The topological polar surface area (TPSA) is 0 Å². The molecule has 0 saturated heterocycles. The Morgan fingerprint density at radius 1 is 0.500 bits per heavy atom. The van der Waals surface area contributed by atoms with E-state index < -0.39 is 0 Å². The first kappa shape index (κ1) is 36.0. The summed E-state index contributed by atoms with van der Waals surface area (Å²) in [5, 5.41) is 0. The van der Waals surface area contributed by atoms with Gasteiger partial charge in [0.1, 0.15) is 0 Å². The van der Waals surface area contributed by atoms with Gasteiger partial charge in [0.25, 0.3) is 0 Å². The Morgan fingerprint density at radius 2 is 0.562 bits per heavy atom. The molecule has 0 bridgehead atoms. The van der Waals surface area contributed by atoms with Crippen molar-refractivity contribution >= 4 is 0 Å². The van der Waals surface area contributed by atoms with Crippen LogP contribution < -0.4 is 0 Å². The van der Waals surface area contributed by atoms with Crippen LogP contribution >= 0.6 is 0 Å². The average Bonchev–Trinajstić information content (AvgIpc) is 2.41. The van der Waals surface area contributed by atoms with Gasteiger partial charge in [-0.25, -0.2) is 0 Å². The van der Waals surface area contributed by atoms with Crippen molar-refractivity contribution < 1.29 is 32.7 Å². The van der Waals surface area contributed by atoms with Crippen LogP contribution in [0.5, 0.6) is 0 Å². The first-order chi connectivity index (χ1) is 7.00. The van der Waals surface area contributed by atoms with Crippen LogP contribution in [0.3, 0.4) is 0 Å². The molecule has 1 rings (SSSR count). The summed E-state index contributed by atoms with van der Waals surface area (Å²) in [6.07, 6.45) is 0. The zero-order valence-corrected chi connectivity index (χ0v) is 15.6. The predicted molar refractivity (Wildman–Crippen MR) is 77.9 cm³/mol. The van der Waals surface area contributed by atoms with Crippen LogP contribution in [0, 0.1) is 14.4 Å². The first-order valence-electron chi connectivity index (χ1n) is 5.71. The number of hydrogen-bond donors (Lipinski definition) is 0. The van der Waals surface area contributed by atoms with Crippen molar-refractivity contribution in [3.8, 4) is 0 Å². The van der Waals surface area contributed by atoms with Gasteiger partial charge in [-0.1, -0.05) is 77.9 Å². The smallest absolute Gasteiger partial charge is 0 e. The second kappa shape index (κ2) is 78.6. The van der Waals surface area contributed by atoms with Gasteiger partial charge in [0.05, 0.1) is 0 Å². The summed E-state index contributed by atoms with van der Waals surface area (Å²) >= 11 is 0. The number of hydrogen-bond acceptors (Lipinski definition) is 0. The molecule has 0 unspecified atom stereocenters. The molecule has 0 atom stereocenters. The Labute approximate surface area is 131 Å². The Morgan fingerprint density at radius 3 is 0.625 bits per heavy atom. The van der Waals surface area contributed by atoms with Crippen molar-refractivity contribution in [1.29, 1.82) is 0 Å². The minimum Gasteiger partial charge on any atom is -0.358 e. The fourth-order valence-corrected chi connectivity index (χ4v) is 0.385. The molecular formula is C15H32Y-2. The van der Waals surface area contributed by atoms with Crippen molar-refractivity contribution in [2.45, 2.75) is 48.5 Å². The molecule has 0 heterocycles. The summed E-state index contributed by atoms with van der Waals surface area (Å²) in [6, 6.07) is 12.0. The van der Waals surface area contributed by atoms with E-state index >= 15 is 0 Å². The molecule has 0 aromatic heterocycles. The van der Waals surface area contributed by atoms with E-state index in [2.05, 4.69) is 6.92 Å². The van der Waals surface area contributed by atoms with Crippen LogP contribution in [0.4, 0.5) is 0 Å². The summed E-state index contributed by atoms with van der Waals surface area (Å²) in [6.45, 7) is 17.0. The quantitative estimate of drug-likeness (QED) is 0.511. The maximum Gasteiger partial charge on any atom is 0 e. The van der Waals surface area contributed by atoms with Gasteiger partial charge in [-0.05, 0) is 0 Å². The predicted octanol–water partition coefficient (Wildman–Crippen LogP) is 6.05. The average molecular weight is 301 g/mol. The van der Waals surface area contributed by atoms with Crippen LogP contribution in [0.15, 0.2) is 36.4 Å². The third-order valence-electron chi connectivity index (χ3n) is 0.667. The summed E-state index contributed by atoms with van der Waals surface area (Å²) in [5.74, 6) is 0. The monoisotopic (exact) mass is 301 g/mol. The summed E-state index contributed by atoms with van der Waals surface area (Å²) in [7, 11) is 0. The molecule has 0 nitrogen and oxygen atoms in total. The molecule has 0 aliphatic carbocycles. The van der Waals surface area contributed by atoms with Gasteiger partial charge in [0.2, 0.25) is 0 Å². The minimum atomic E-state index is 0. The van der Waals surface area contributed by atoms with Crippen LogP contribution in [0.1, 0.15) is 48.5 Å². The van der Waals surface area contributed by atoms with E-state index in [1.807, 2.05) is 77.9 Å². The fraction of sp³-hybridized carbons (Fsp3) is 0.467.